The lowest BCUT2D eigenvalue weighted by Crippen LogP contribution is -2.50. The first-order chi connectivity index (χ1) is 18.1. The lowest BCUT2D eigenvalue weighted by molar-refractivity contribution is -0.384. The Balaban J connectivity index is 1.44. The highest BCUT2D eigenvalue weighted by atomic mass is 35.5. The number of hydrogen-bond donors (Lipinski definition) is 2. The van der Waals surface area contributed by atoms with Gasteiger partial charge in [0.1, 0.15) is 5.69 Å². The quantitative estimate of drug-likeness (QED) is 0.307. The van der Waals surface area contributed by atoms with Crippen LogP contribution < -0.4 is 20.4 Å². The molecule has 2 fully saturated rings. The summed E-state index contributed by atoms with van der Waals surface area (Å²) < 4.78 is 0. The van der Waals surface area contributed by atoms with Gasteiger partial charge in [-0.1, -0.05) is 25.4 Å². The summed E-state index contributed by atoms with van der Waals surface area (Å²) in [5, 5.41) is 17.9. The fourth-order valence-electron chi connectivity index (χ4n) is 4.78. The Labute approximate surface area is 232 Å². The molecule has 2 aliphatic rings. The second-order valence-electron chi connectivity index (χ2n) is 9.69. The number of halogens is 1. The summed E-state index contributed by atoms with van der Waals surface area (Å²) in [4.78, 5) is 42.4. The Morgan fingerprint density at radius 2 is 1.61 bits per heavy atom. The number of piperazine rings is 1. The van der Waals surface area contributed by atoms with Gasteiger partial charge in [0.15, 0.2) is 5.11 Å². The molecule has 0 aliphatic carbocycles. The van der Waals surface area contributed by atoms with Crippen LogP contribution in [0.2, 0.25) is 5.02 Å². The zero-order valence-corrected chi connectivity index (χ0v) is 23.0. The third kappa shape index (κ3) is 6.33. The van der Waals surface area contributed by atoms with Gasteiger partial charge >= 0.3 is 0 Å². The van der Waals surface area contributed by atoms with Crippen LogP contribution in [0.15, 0.2) is 36.4 Å². The van der Waals surface area contributed by atoms with Crippen molar-refractivity contribution >= 4 is 63.5 Å². The van der Waals surface area contributed by atoms with Gasteiger partial charge in [0.05, 0.1) is 16.3 Å². The van der Waals surface area contributed by atoms with Gasteiger partial charge in [-0.3, -0.25) is 25.0 Å². The molecule has 2 N–H and O–H groups in total. The molecule has 2 heterocycles. The normalized spacial score (nSPS) is 15.5. The second kappa shape index (κ2) is 12.0. The first-order valence-electron chi connectivity index (χ1n) is 12.6. The van der Waals surface area contributed by atoms with Crippen LogP contribution >= 0.6 is 23.8 Å². The van der Waals surface area contributed by atoms with Crippen LogP contribution in [0.4, 0.5) is 22.7 Å². The van der Waals surface area contributed by atoms with E-state index in [1.807, 2.05) is 29.7 Å². The van der Waals surface area contributed by atoms with E-state index in [1.165, 1.54) is 6.07 Å². The van der Waals surface area contributed by atoms with Crippen molar-refractivity contribution in [2.24, 2.45) is 5.92 Å². The molecule has 0 unspecified atom stereocenters. The predicted octanol–water partition coefficient (Wildman–Crippen LogP) is 4.28. The van der Waals surface area contributed by atoms with Crippen LogP contribution in [0.1, 0.15) is 37.0 Å². The molecule has 4 rings (SSSR count). The standard InChI is InChI=1S/C26H31ClN6O4S/c1-17(2)25(35)32-13-11-31(12-14-32)21-8-6-19(27)16-20(21)28-26(38)29-24(34)18-5-7-22(23(15-18)33(36)37)30-9-3-4-10-30/h5-8,15-17H,3-4,9-14H2,1-2H3,(H2,28,29,34,38). The molecule has 0 atom stereocenters. The molecule has 2 aliphatic heterocycles. The first kappa shape index (κ1) is 27.6. The number of nitrogens with one attached hydrogen (secondary N) is 2. The topological polar surface area (TPSA) is 111 Å². The van der Waals surface area contributed by atoms with E-state index in [1.54, 1.807) is 24.3 Å². The van der Waals surface area contributed by atoms with Crippen LogP contribution in [0.3, 0.4) is 0 Å². The van der Waals surface area contributed by atoms with Crippen LogP contribution in [-0.4, -0.2) is 66.0 Å². The van der Waals surface area contributed by atoms with Crippen molar-refractivity contribution in [2.75, 3.05) is 54.4 Å². The zero-order chi connectivity index (χ0) is 27.4. The minimum Gasteiger partial charge on any atom is -0.366 e. The molecule has 2 saturated heterocycles. The lowest BCUT2D eigenvalue weighted by atomic mass is 10.1. The molecule has 12 heteroatoms. The average molecular weight is 559 g/mol. The Kier molecular flexibility index (Phi) is 8.68. The number of anilines is 3. The maximum Gasteiger partial charge on any atom is 0.293 e. The maximum absolute atomic E-state index is 12.9. The molecular formula is C26H31ClN6O4S. The van der Waals surface area contributed by atoms with Gasteiger partial charge < -0.3 is 20.0 Å². The number of rotatable bonds is 6. The Hall–Kier alpha value is -3.44. The number of nitrogens with zero attached hydrogens (tertiary/aromatic N) is 4. The van der Waals surface area contributed by atoms with E-state index in [9.17, 15) is 19.7 Å². The fourth-order valence-corrected chi connectivity index (χ4v) is 5.16. The zero-order valence-electron chi connectivity index (χ0n) is 21.4. The largest absolute Gasteiger partial charge is 0.366 e. The first-order valence-corrected chi connectivity index (χ1v) is 13.4. The third-order valence-electron chi connectivity index (χ3n) is 6.74. The van der Waals surface area contributed by atoms with E-state index in [0.29, 0.717) is 42.6 Å². The van der Waals surface area contributed by atoms with Crippen molar-refractivity contribution in [3.05, 3.63) is 57.1 Å². The predicted molar refractivity (Wildman–Crippen MR) is 153 cm³/mol. The summed E-state index contributed by atoms with van der Waals surface area (Å²) in [6.45, 7) is 7.79. The van der Waals surface area contributed by atoms with Crippen molar-refractivity contribution < 1.29 is 14.5 Å². The molecule has 0 bridgehead atoms. The van der Waals surface area contributed by atoms with Crippen molar-refractivity contribution in [1.29, 1.82) is 0 Å². The van der Waals surface area contributed by atoms with Crippen LogP contribution in [-0.2, 0) is 4.79 Å². The number of thiocarbonyl (C=S) groups is 1. The van der Waals surface area contributed by atoms with Gasteiger partial charge in [0, 0.05) is 61.8 Å². The van der Waals surface area contributed by atoms with Gasteiger partial charge in [-0.05, 0) is 55.4 Å². The minimum absolute atomic E-state index is 0.0402. The third-order valence-corrected chi connectivity index (χ3v) is 7.18. The van der Waals surface area contributed by atoms with Crippen molar-refractivity contribution in [1.82, 2.24) is 10.2 Å². The molecule has 0 radical (unpaired) electrons. The van der Waals surface area contributed by atoms with E-state index in [-0.39, 0.29) is 28.2 Å². The number of carbonyl (C=O) groups excluding carboxylic acids is 2. The van der Waals surface area contributed by atoms with E-state index < -0.39 is 10.8 Å². The van der Waals surface area contributed by atoms with Crippen LogP contribution in [0.25, 0.3) is 0 Å². The van der Waals surface area contributed by atoms with Crippen LogP contribution in [0, 0.1) is 16.0 Å². The molecule has 0 saturated carbocycles. The van der Waals surface area contributed by atoms with Gasteiger partial charge in [-0.15, -0.1) is 0 Å². The van der Waals surface area contributed by atoms with Gasteiger partial charge in [0.25, 0.3) is 11.6 Å². The molecule has 202 valence electrons. The molecule has 2 aromatic rings. The molecule has 38 heavy (non-hydrogen) atoms. The highest BCUT2D eigenvalue weighted by molar-refractivity contribution is 7.80. The molecule has 2 aromatic carbocycles. The molecule has 0 spiro atoms. The SMILES string of the molecule is CC(C)C(=O)N1CCN(c2ccc(Cl)cc2NC(=S)NC(=O)c2ccc(N3CCCC3)c([N+](=O)[O-])c2)CC1. The molecule has 2 amide bonds. The average Bonchev–Trinajstić information content (AvgIpc) is 3.43. The number of benzene rings is 2. The van der Waals surface area contributed by atoms with E-state index in [0.717, 1.165) is 31.6 Å². The summed E-state index contributed by atoms with van der Waals surface area (Å²) in [5.41, 5.74) is 2.00. The Morgan fingerprint density at radius 3 is 2.24 bits per heavy atom. The summed E-state index contributed by atoms with van der Waals surface area (Å²) in [6.07, 6.45) is 1.97. The van der Waals surface area contributed by atoms with Gasteiger partial charge in [-0.2, -0.15) is 0 Å². The Bertz CT molecular complexity index is 1240. The van der Waals surface area contributed by atoms with E-state index >= 15 is 0 Å². The lowest BCUT2D eigenvalue weighted by Gasteiger charge is -2.37. The highest BCUT2D eigenvalue weighted by Crippen LogP contribution is 2.32. The van der Waals surface area contributed by atoms with Crippen molar-refractivity contribution in [2.45, 2.75) is 26.7 Å². The molecule has 0 aromatic heterocycles. The van der Waals surface area contributed by atoms with Crippen molar-refractivity contribution in [3.63, 3.8) is 0 Å². The summed E-state index contributed by atoms with van der Waals surface area (Å²) in [7, 11) is 0. The monoisotopic (exact) mass is 558 g/mol. The van der Waals surface area contributed by atoms with E-state index in [2.05, 4.69) is 15.5 Å². The van der Waals surface area contributed by atoms with Gasteiger partial charge in [0.2, 0.25) is 5.91 Å². The number of nitro benzene ring substituents is 1. The molecule has 10 nitrogen and oxygen atoms in total. The Morgan fingerprint density at radius 1 is 0.974 bits per heavy atom. The maximum atomic E-state index is 12.9. The second-order valence-corrected chi connectivity index (χ2v) is 10.5. The summed E-state index contributed by atoms with van der Waals surface area (Å²) in [5.74, 6) is -0.465. The molecular weight excluding hydrogens is 528 g/mol. The van der Waals surface area contributed by atoms with E-state index in [4.69, 9.17) is 23.8 Å². The van der Waals surface area contributed by atoms with Gasteiger partial charge in [-0.25, -0.2) is 0 Å². The number of amides is 2. The number of nitro groups is 1. The van der Waals surface area contributed by atoms with Crippen molar-refractivity contribution in [3.8, 4) is 0 Å². The summed E-state index contributed by atoms with van der Waals surface area (Å²) >= 11 is 11.6. The van der Waals surface area contributed by atoms with Crippen LogP contribution in [0.5, 0.6) is 0 Å². The highest BCUT2D eigenvalue weighted by Gasteiger charge is 2.26. The minimum atomic E-state index is -0.553. The summed E-state index contributed by atoms with van der Waals surface area (Å²) in [6, 6.07) is 9.84. The number of hydrogen-bond acceptors (Lipinski definition) is 7. The number of carbonyl (C=O) groups is 2. The fraction of sp³-hybridized carbons (Fsp3) is 0.423. The smallest absolute Gasteiger partial charge is 0.293 e.